The van der Waals surface area contributed by atoms with Crippen molar-refractivity contribution in [3.63, 3.8) is 0 Å². The summed E-state index contributed by atoms with van der Waals surface area (Å²) in [5.74, 6) is -0.0115. The molecule has 2 heterocycles. The second-order valence-electron chi connectivity index (χ2n) is 7.71. The smallest absolute Gasteiger partial charge is 0.216 e. The van der Waals surface area contributed by atoms with Gasteiger partial charge in [-0.1, -0.05) is 19.8 Å². The number of hydrogen-bond donors (Lipinski definition) is 3. The van der Waals surface area contributed by atoms with Gasteiger partial charge in [-0.15, -0.1) is 0 Å². The van der Waals surface area contributed by atoms with Crippen molar-refractivity contribution in [3.05, 3.63) is 0 Å². The van der Waals surface area contributed by atoms with Gasteiger partial charge in [0.15, 0.2) is 0 Å². The van der Waals surface area contributed by atoms with Crippen molar-refractivity contribution in [3.8, 4) is 0 Å². The van der Waals surface area contributed by atoms with Crippen LogP contribution in [0, 0.1) is 0 Å². The van der Waals surface area contributed by atoms with Crippen molar-refractivity contribution in [1.29, 1.82) is 0 Å². The molecule has 166 valence electrons. The number of carbonyl (C=O) groups is 1. The molecule has 2 fully saturated rings. The lowest BCUT2D eigenvalue weighted by molar-refractivity contribution is -0.119. The molecular weight excluding hydrogens is 356 g/mol. The highest BCUT2D eigenvalue weighted by Gasteiger charge is 2.16. The maximum absolute atomic E-state index is 10.6. The van der Waals surface area contributed by atoms with Crippen molar-refractivity contribution >= 4 is 5.91 Å². The lowest BCUT2D eigenvalue weighted by Crippen LogP contribution is -2.40. The van der Waals surface area contributed by atoms with Gasteiger partial charge >= 0.3 is 0 Å². The number of ether oxygens (including phenoxy) is 2. The first-order valence-electron chi connectivity index (χ1n) is 11.3. The minimum Gasteiger partial charge on any atom is -0.377 e. The zero-order valence-electron chi connectivity index (χ0n) is 18.2. The van der Waals surface area contributed by atoms with Crippen LogP contribution in [0.4, 0.5) is 0 Å². The molecule has 2 rings (SSSR count). The Kier molecular flexibility index (Phi) is 15.5. The van der Waals surface area contributed by atoms with Crippen LogP contribution >= 0.6 is 0 Å². The van der Waals surface area contributed by atoms with Gasteiger partial charge in [0.2, 0.25) is 5.91 Å². The van der Waals surface area contributed by atoms with Crippen LogP contribution in [0.5, 0.6) is 0 Å². The average molecular weight is 401 g/mol. The number of carbonyl (C=O) groups excluding carboxylic acids is 1. The fourth-order valence-corrected chi connectivity index (χ4v) is 3.30. The van der Waals surface area contributed by atoms with E-state index in [0.29, 0.717) is 25.8 Å². The maximum atomic E-state index is 10.6. The summed E-state index contributed by atoms with van der Waals surface area (Å²) in [6.07, 6.45) is 8.87. The Morgan fingerprint density at radius 3 is 2.57 bits per heavy atom. The number of hydrogen-bond acceptors (Lipinski definition) is 6. The summed E-state index contributed by atoms with van der Waals surface area (Å²) in [6.45, 7) is 12.4. The molecule has 1 atom stereocenters. The van der Waals surface area contributed by atoms with Crippen LogP contribution in [0.2, 0.25) is 0 Å². The van der Waals surface area contributed by atoms with E-state index < -0.39 is 0 Å². The quantitative estimate of drug-likeness (QED) is 0.406. The zero-order valence-corrected chi connectivity index (χ0v) is 18.2. The normalized spacial score (nSPS) is 18.7. The number of amides is 1. The van der Waals surface area contributed by atoms with Crippen LogP contribution in [0.15, 0.2) is 0 Å². The van der Waals surface area contributed by atoms with Crippen molar-refractivity contribution in [2.45, 2.75) is 71.0 Å². The Morgan fingerprint density at radius 1 is 1.25 bits per heavy atom. The number of rotatable bonds is 13. The van der Waals surface area contributed by atoms with E-state index in [-0.39, 0.29) is 12.0 Å². The van der Waals surface area contributed by atoms with Crippen LogP contribution < -0.4 is 16.4 Å². The molecular formula is C21H44N4O3. The van der Waals surface area contributed by atoms with Gasteiger partial charge in [0.05, 0.1) is 25.4 Å². The Labute approximate surface area is 172 Å². The van der Waals surface area contributed by atoms with Gasteiger partial charge in [-0.25, -0.2) is 0 Å². The lowest BCUT2D eigenvalue weighted by atomic mass is 10.1. The molecule has 2 saturated heterocycles. The van der Waals surface area contributed by atoms with E-state index in [0.717, 1.165) is 39.1 Å². The van der Waals surface area contributed by atoms with Gasteiger partial charge < -0.3 is 30.7 Å². The average Bonchev–Trinajstić information content (AvgIpc) is 2.66. The summed E-state index contributed by atoms with van der Waals surface area (Å²) in [7, 11) is 0. The van der Waals surface area contributed by atoms with E-state index in [1.54, 1.807) is 0 Å². The molecule has 2 aliphatic rings. The molecule has 7 nitrogen and oxygen atoms in total. The number of nitrogens with two attached hydrogens (primary N) is 1. The van der Waals surface area contributed by atoms with Gasteiger partial charge in [0.25, 0.3) is 0 Å². The number of nitrogens with zero attached hydrogens (tertiary/aromatic N) is 1. The van der Waals surface area contributed by atoms with Gasteiger partial charge in [-0.05, 0) is 64.8 Å². The summed E-state index contributed by atoms with van der Waals surface area (Å²) in [4.78, 5) is 13.1. The summed E-state index contributed by atoms with van der Waals surface area (Å²) in [5.41, 5.74) is 5.50. The van der Waals surface area contributed by atoms with Crippen LogP contribution in [0.3, 0.4) is 0 Å². The molecule has 0 aromatic carbocycles. The molecule has 28 heavy (non-hydrogen) atoms. The number of likely N-dealkylation sites (tertiary alicyclic amines) is 1. The summed E-state index contributed by atoms with van der Waals surface area (Å²) in [5, 5.41) is 6.05. The molecule has 4 N–H and O–H groups in total. The van der Waals surface area contributed by atoms with E-state index in [4.69, 9.17) is 15.2 Å². The van der Waals surface area contributed by atoms with Crippen molar-refractivity contribution in [1.82, 2.24) is 15.5 Å². The van der Waals surface area contributed by atoms with Crippen LogP contribution in [-0.2, 0) is 14.3 Å². The summed E-state index contributed by atoms with van der Waals surface area (Å²) >= 11 is 0. The van der Waals surface area contributed by atoms with Gasteiger partial charge in [-0.2, -0.15) is 0 Å². The summed E-state index contributed by atoms with van der Waals surface area (Å²) < 4.78 is 11.4. The monoisotopic (exact) mass is 400 g/mol. The minimum absolute atomic E-state index is 0.0115. The predicted octanol–water partition coefficient (Wildman–Crippen LogP) is 1.51. The number of piperidine rings is 1. The van der Waals surface area contributed by atoms with E-state index in [1.807, 2.05) is 0 Å². The second kappa shape index (κ2) is 17.2. The first-order valence-corrected chi connectivity index (χ1v) is 11.3. The Bertz CT molecular complexity index is 375. The highest BCUT2D eigenvalue weighted by atomic mass is 16.5. The molecule has 1 amide bonds. The molecule has 0 spiro atoms. The molecule has 7 heteroatoms. The van der Waals surface area contributed by atoms with Gasteiger partial charge in [0.1, 0.15) is 0 Å². The van der Waals surface area contributed by atoms with Crippen LogP contribution in [0.25, 0.3) is 0 Å². The SMILES string of the molecule is C1CN(CCOC2CCNCC2)C1.CCCCC(CCN)OCCNC(C)=O. The zero-order chi connectivity index (χ0) is 20.5. The third-order valence-corrected chi connectivity index (χ3v) is 5.19. The van der Waals surface area contributed by atoms with Crippen molar-refractivity contribution in [2.75, 3.05) is 59.0 Å². The standard InChI is InChI=1S/C11H24N2O2.C10H20N2O/c1-3-4-5-11(6-7-12)15-9-8-13-10(2)14;1-6-12(7-1)8-9-13-10-2-4-11-5-3-10/h11H,3-9,12H2,1-2H3,(H,13,14);10-11H,1-9H2. The van der Waals surface area contributed by atoms with Crippen molar-refractivity contribution in [2.24, 2.45) is 5.73 Å². The van der Waals surface area contributed by atoms with E-state index in [2.05, 4.69) is 22.5 Å². The molecule has 1 unspecified atom stereocenters. The van der Waals surface area contributed by atoms with Gasteiger partial charge in [-0.3, -0.25) is 4.79 Å². The van der Waals surface area contributed by atoms with Gasteiger partial charge in [0, 0.05) is 20.0 Å². The molecule has 0 bridgehead atoms. The summed E-state index contributed by atoms with van der Waals surface area (Å²) in [6, 6.07) is 0. The second-order valence-corrected chi connectivity index (χ2v) is 7.71. The fourth-order valence-electron chi connectivity index (χ4n) is 3.30. The van der Waals surface area contributed by atoms with E-state index in [9.17, 15) is 4.79 Å². The maximum Gasteiger partial charge on any atom is 0.216 e. The Morgan fingerprint density at radius 2 is 2.00 bits per heavy atom. The number of nitrogens with one attached hydrogen (secondary N) is 2. The first kappa shape index (κ1) is 25.3. The molecule has 0 radical (unpaired) electrons. The molecule has 0 saturated carbocycles. The molecule has 0 aliphatic carbocycles. The number of unbranched alkanes of at least 4 members (excludes halogenated alkanes) is 1. The fraction of sp³-hybridized carbons (Fsp3) is 0.952. The van der Waals surface area contributed by atoms with Crippen LogP contribution in [-0.4, -0.2) is 82.0 Å². The Hall–Kier alpha value is -0.730. The highest BCUT2D eigenvalue weighted by Crippen LogP contribution is 2.09. The predicted molar refractivity (Wildman–Crippen MR) is 115 cm³/mol. The third kappa shape index (κ3) is 13.4. The highest BCUT2D eigenvalue weighted by molar-refractivity contribution is 5.72. The van der Waals surface area contributed by atoms with Crippen LogP contribution in [0.1, 0.15) is 58.8 Å². The third-order valence-electron chi connectivity index (χ3n) is 5.19. The first-order chi connectivity index (χ1) is 13.7. The lowest BCUT2D eigenvalue weighted by Gasteiger charge is -2.31. The Balaban J connectivity index is 0.000000281. The minimum atomic E-state index is -0.0115. The van der Waals surface area contributed by atoms with E-state index in [1.165, 1.54) is 52.1 Å². The van der Waals surface area contributed by atoms with E-state index >= 15 is 0 Å². The molecule has 0 aromatic rings. The molecule has 0 aromatic heterocycles. The molecule has 2 aliphatic heterocycles. The largest absolute Gasteiger partial charge is 0.377 e. The van der Waals surface area contributed by atoms with Crippen molar-refractivity contribution < 1.29 is 14.3 Å². The topological polar surface area (TPSA) is 88.8 Å².